The van der Waals surface area contributed by atoms with Crippen molar-refractivity contribution in [2.24, 2.45) is 5.73 Å². The van der Waals surface area contributed by atoms with E-state index in [1.165, 1.54) is 35.9 Å². The van der Waals surface area contributed by atoms with E-state index in [1.54, 1.807) is 0 Å². The number of nitro benzene ring substituents is 1. The van der Waals surface area contributed by atoms with E-state index in [0.29, 0.717) is 13.0 Å². The largest absolute Gasteiger partial charge is 0.493 e. The average molecular weight is 444 g/mol. The van der Waals surface area contributed by atoms with Crippen LogP contribution in [0.5, 0.6) is 11.5 Å². The van der Waals surface area contributed by atoms with Gasteiger partial charge in [-0.25, -0.2) is 0 Å². The molecule has 1 fully saturated rings. The van der Waals surface area contributed by atoms with Crippen LogP contribution in [0, 0.1) is 10.1 Å². The molecule has 1 aromatic carbocycles. The molecule has 1 saturated heterocycles. The third-order valence-electron chi connectivity index (χ3n) is 4.64. The van der Waals surface area contributed by atoms with Gasteiger partial charge >= 0.3 is 0 Å². The van der Waals surface area contributed by atoms with Crippen molar-refractivity contribution in [3.8, 4) is 11.5 Å². The zero-order chi connectivity index (χ0) is 22.3. The van der Waals surface area contributed by atoms with Gasteiger partial charge in [0.15, 0.2) is 11.5 Å². The lowest BCUT2D eigenvalue weighted by atomic mass is 10.1. The number of hydrogen-bond donors (Lipinski definition) is 2. The highest BCUT2D eigenvalue weighted by Crippen LogP contribution is 2.37. The topological polar surface area (TPSA) is 137 Å². The highest BCUT2D eigenvalue weighted by molar-refractivity contribution is 7.99. The summed E-state index contributed by atoms with van der Waals surface area (Å²) in [5.41, 5.74) is 4.57. The fourth-order valence-electron chi connectivity index (χ4n) is 3.40. The Labute approximate surface area is 179 Å². The van der Waals surface area contributed by atoms with Gasteiger partial charge in [-0.3, -0.25) is 14.9 Å². The van der Waals surface area contributed by atoms with Gasteiger partial charge in [0, 0.05) is 25.8 Å². The summed E-state index contributed by atoms with van der Waals surface area (Å²) in [6, 6.07) is 2.07. The van der Waals surface area contributed by atoms with Crippen molar-refractivity contribution in [1.82, 2.24) is 4.90 Å². The summed E-state index contributed by atoms with van der Waals surface area (Å²) in [5, 5.41) is 21.9. The Bertz CT molecular complexity index is 743. The molecule has 1 heterocycles. The zero-order valence-corrected chi connectivity index (χ0v) is 18.2. The summed E-state index contributed by atoms with van der Waals surface area (Å²) in [5.74, 6) is 0.532. The maximum atomic E-state index is 13.4. The molecular formula is C19H29N3O7S. The van der Waals surface area contributed by atoms with E-state index in [0.717, 1.165) is 5.75 Å². The van der Waals surface area contributed by atoms with Crippen LogP contribution < -0.4 is 15.2 Å². The van der Waals surface area contributed by atoms with Crippen LogP contribution in [0.3, 0.4) is 0 Å². The lowest BCUT2D eigenvalue weighted by Crippen LogP contribution is -2.43. The molecule has 2 rings (SSSR count). The summed E-state index contributed by atoms with van der Waals surface area (Å²) in [7, 11) is 1.39. The number of aliphatic hydroxyl groups is 1. The van der Waals surface area contributed by atoms with E-state index in [9.17, 15) is 20.0 Å². The van der Waals surface area contributed by atoms with Gasteiger partial charge in [-0.1, -0.05) is 6.92 Å². The van der Waals surface area contributed by atoms with Gasteiger partial charge in [-0.05, 0) is 19.1 Å². The maximum absolute atomic E-state index is 13.4. The maximum Gasteiger partial charge on any atom is 0.286 e. The molecule has 0 bridgehead atoms. The lowest BCUT2D eigenvalue weighted by molar-refractivity contribution is -0.385. The second kappa shape index (κ2) is 11.3. The number of aliphatic hydroxyl groups excluding tert-OH is 1. The first kappa shape index (κ1) is 24.2. The molecule has 0 aliphatic carbocycles. The summed E-state index contributed by atoms with van der Waals surface area (Å²) in [6.07, 6.45) is -0.390. The Hall–Kier alpha value is -2.08. The first-order valence-corrected chi connectivity index (χ1v) is 10.8. The zero-order valence-electron chi connectivity index (χ0n) is 17.4. The number of β-amino-alcohol motifs (C(OH)–C–C–N with tert-alkyl or cyclic N) is 1. The first-order chi connectivity index (χ1) is 14.4. The van der Waals surface area contributed by atoms with Crippen molar-refractivity contribution in [3.63, 3.8) is 0 Å². The third kappa shape index (κ3) is 5.54. The van der Waals surface area contributed by atoms with E-state index in [1.807, 2.05) is 13.8 Å². The molecular weight excluding hydrogens is 414 g/mol. The number of rotatable bonds is 11. The number of nitrogens with zero attached hydrogens (tertiary/aromatic N) is 2. The lowest BCUT2D eigenvalue weighted by Gasteiger charge is -2.30. The van der Waals surface area contributed by atoms with Crippen LogP contribution in [0.2, 0.25) is 0 Å². The molecule has 30 heavy (non-hydrogen) atoms. The predicted octanol–water partition coefficient (Wildman–Crippen LogP) is 1.63. The molecule has 0 radical (unpaired) electrons. The Morgan fingerprint density at radius 1 is 1.43 bits per heavy atom. The molecule has 0 saturated carbocycles. The molecule has 0 aromatic heterocycles. The van der Waals surface area contributed by atoms with Crippen molar-refractivity contribution in [2.75, 3.05) is 39.2 Å². The highest BCUT2D eigenvalue weighted by Gasteiger charge is 2.42. The number of carbonyl (C=O) groups is 1. The van der Waals surface area contributed by atoms with Crippen LogP contribution >= 0.6 is 11.8 Å². The Balaban J connectivity index is 2.44. The van der Waals surface area contributed by atoms with Crippen molar-refractivity contribution in [1.29, 1.82) is 0 Å². The number of methoxy groups -OCH3 is 1. The number of amides is 1. The molecule has 1 aromatic rings. The standard InChI is InChI=1S/C19H29N3O7S/c1-4-28-19(30-5-2)15-8-12(23)11-21(15)18(24)13-9-16(27-3)17(29-7-6-20)10-14(13)22(25)26/h9-10,12,15,19,23H,4-8,11,20H2,1-3H3/t12-,15+,19?/m1/s1. The monoisotopic (exact) mass is 443 g/mol. The molecule has 168 valence electrons. The van der Waals surface area contributed by atoms with Crippen molar-refractivity contribution in [3.05, 3.63) is 27.8 Å². The van der Waals surface area contributed by atoms with Gasteiger partial charge in [0.05, 0.1) is 30.2 Å². The number of hydrogen-bond acceptors (Lipinski definition) is 9. The van der Waals surface area contributed by atoms with Gasteiger partial charge in [-0.2, -0.15) is 0 Å². The smallest absolute Gasteiger partial charge is 0.286 e. The molecule has 1 aliphatic heterocycles. The highest BCUT2D eigenvalue weighted by atomic mass is 32.2. The second-order valence-corrected chi connectivity index (χ2v) is 7.98. The molecule has 3 N–H and O–H groups in total. The van der Waals surface area contributed by atoms with E-state index in [4.69, 9.17) is 19.9 Å². The van der Waals surface area contributed by atoms with Crippen molar-refractivity contribution < 1.29 is 29.0 Å². The van der Waals surface area contributed by atoms with Crippen LogP contribution in [0.15, 0.2) is 12.1 Å². The fourth-order valence-corrected chi connectivity index (χ4v) is 4.44. The molecule has 1 aliphatic rings. The van der Waals surface area contributed by atoms with Gasteiger partial charge in [0.2, 0.25) is 0 Å². The number of ether oxygens (including phenoxy) is 3. The summed E-state index contributed by atoms with van der Waals surface area (Å²) in [6.45, 7) is 4.72. The summed E-state index contributed by atoms with van der Waals surface area (Å²) in [4.78, 5) is 25.9. The predicted molar refractivity (Wildman–Crippen MR) is 113 cm³/mol. The number of likely N-dealkylation sites (tertiary alicyclic amines) is 1. The second-order valence-electron chi connectivity index (χ2n) is 6.61. The molecule has 11 heteroatoms. The minimum atomic E-state index is -0.729. The van der Waals surface area contributed by atoms with Crippen LogP contribution in [-0.4, -0.2) is 77.6 Å². The van der Waals surface area contributed by atoms with Crippen molar-refractivity contribution >= 4 is 23.4 Å². The number of thioether (sulfide) groups is 1. The molecule has 0 spiro atoms. The minimum absolute atomic E-state index is 0.0717. The Morgan fingerprint density at radius 3 is 2.73 bits per heavy atom. The number of benzene rings is 1. The van der Waals surface area contributed by atoms with Crippen LogP contribution in [0.1, 0.15) is 30.6 Å². The van der Waals surface area contributed by atoms with Crippen LogP contribution in [0.4, 0.5) is 5.69 Å². The summed E-state index contributed by atoms with van der Waals surface area (Å²) >= 11 is 1.53. The Kier molecular flexibility index (Phi) is 9.15. The number of carbonyl (C=O) groups excluding carboxylic acids is 1. The van der Waals surface area contributed by atoms with E-state index in [-0.39, 0.29) is 42.2 Å². The van der Waals surface area contributed by atoms with Crippen LogP contribution in [0.25, 0.3) is 0 Å². The number of nitro groups is 1. The minimum Gasteiger partial charge on any atom is -0.493 e. The van der Waals surface area contributed by atoms with Gasteiger partial charge in [-0.15, -0.1) is 11.8 Å². The summed E-state index contributed by atoms with van der Waals surface area (Å²) < 4.78 is 16.5. The molecule has 3 atom stereocenters. The van der Waals surface area contributed by atoms with Gasteiger partial charge < -0.3 is 30.0 Å². The van der Waals surface area contributed by atoms with E-state index < -0.39 is 28.7 Å². The average Bonchev–Trinajstić information content (AvgIpc) is 3.12. The quantitative estimate of drug-likeness (QED) is 0.297. The van der Waals surface area contributed by atoms with Gasteiger partial charge in [0.1, 0.15) is 17.6 Å². The molecule has 1 unspecified atom stereocenters. The fraction of sp³-hybridized carbons (Fsp3) is 0.632. The molecule has 10 nitrogen and oxygen atoms in total. The van der Waals surface area contributed by atoms with Gasteiger partial charge in [0.25, 0.3) is 11.6 Å². The van der Waals surface area contributed by atoms with Crippen molar-refractivity contribution in [2.45, 2.75) is 37.9 Å². The Morgan fingerprint density at radius 2 is 2.17 bits per heavy atom. The normalized spacial score (nSPS) is 19.6. The van der Waals surface area contributed by atoms with E-state index >= 15 is 0 Å². The first-order valence-electron chi connectivity index (χ1n) is 9.79. The molecule has 1 amide bonds. The SMILES string of the molecule is CCOC(SCC)[C@@H]1C[C@@H](O)CN1C(=O)c1cc(OC)c(OCCN)cc1[N+](=O)[O-]. The third-order valence-corrected chi connectivity index (χ3v) is 5.75. The van der Waals surface area contributed by atoms with E-state index in [2.05, 4.69) is 0 Å². The van der Waals surface area contributed by atoms with Crippen LogP contribution in [-0.2, 0) is 4.74 Å². The number of nitrogens with two attached hydrogens (primary N) is 1.